The highest BCUT2D eigenvalue weighted by Crippen LogP contribution is 2.25. The van der Waals surface area contributed by atoms with Crippen molar-refractivity contribution in [2.45, 2.75) is 6.92 Å². The number of aryl methyl sites for hydroxylation is 1. The van der Waals surface area contributed by atoms with Gasteiger partial charge in [-0.2, -0.15) is 0 Å². The van der Waals surface area contributed by atoms with Gasteiger partial charge in [0.2, 0.25) is 0 Å². The van der Waals surface area contributed by atoms with E-state index in [1.165, 1.54) is 6.20 Å². The first kappa shape index (κ1) is 15.0. The van der Waals surface area contributed by atoms with Gasteiger partial charge in [0.15, 0.2) is 0 Å². The number of ether oxygens (including phenoxy) is 1. The van der Waals surface area contributed by atoms with Crippen LogP contribution in [-0.2, 0) is 0 Å². The van der Waals surface area contributed by atoms with Crippen LogP contribution in [0.25, 0.3) is 5.57 Å². The fourth-order valence-corrected chi connectivity index (χ4v) is 2.56. The molecule has 2 N–H and O–H groups in total. The summed E-state index contributed by atoms with van der Waals surface area (Å²) < 4.78 is 5.24. The van der Waals surface area contributed by atoms with Crippen molar-refractivity contribution in [2.24, 2.45) is 0 Å². The Balaban J connectivity index is 1.77. The van der Waals surface area contributed by atoms with Crippen LogP contribution in [0.5, 0.6) is 5.75 Å². The van der Waals surface area contributed by atoms with Crippen molar-refractivity contribution >= 4 is 17.3 Å². The molecule has 0 unspecified atom stereocenters. The number of methoxy groups -OCH3 is 1. The van der Waals surface area contributed by atoms with Crippen LogP contribution in [0.3, 0.4) is 0 Å². The lowest BCUT2D eigenvalue weighted by molar-refractivity contribution is 0.0802. The number of anilines is 1. The first-order chi connectivity index (χ1) is 11.1. The molecular weight excluding hydrogens is 292 g/mol. The normalized spacial score (nSPS) is 13.8. The number of rotatable bonds is 3. The van der Waals surface area contributed by atoms with E-state index in [4.69, 9.17) is 10.5 Å². The van der Waals surface area contributed by atoms with Gasteiger partial charge in [0.05, 0.1) is 7.11 Å². The fraction of sp³-hybridized carbons (Fsp3) is 0.235. The first-order valence-corrected chi connectivity index (χ1v) is 7.30. The monoisotopic (exact) mass is 310 g/mol. The topological polar surface area (TPSA) is 81.3 Å². The van der Waals surface area contributed by atoms with Crippen LogP contribution in [0.2, 0.25) is 0 Å². The van der Waals surface area contributed by atoms with E-state index < -0.39 is 0 Å². The highest BCUT2D eigenvalue weighted by Gasteiger charge is 2.24. The molecule has 0 aliphatic carbocycles. The van der Waals surface area contributed by atoms with E-state index in [1.807, 2.05) is 30.3 Å². The molecule has 0 saturated carbocycles. The average molecular weight is 310 g/mol. The van der Waals surface area contributed by atoms with E-state index in [-0.39, 0.29) is 11.7 Å². The predicted molar refractivity (Wildman–Crippen MR) is 88.1 cm³/mol. The number of hydrogen-bond donors (Lipinski definition) is 1. The van der Waals surface area contributed by atoms with E-state index in [2.05, 4.69) is 9.97 Å². The Morgan fingerprint density at radius 1 is 1.39 bits per heavy atom. The van der Waals surface area contributed by atoms with Crippen LogP contribution in [0.1, 0.15) is 21.7 Å². The van der Waals surface area contributed by atoms with Crippen LogP contribution in [0, 0.1) is 6.92 Å². The lowest BCUT2D eigenvalue weighted by atomic mass is 10.1. The molecule has 23 heavy (non-hydrogen) atoms. The summed E-state index contributed by atoms with van der Waals surface area (Å²) in [5.41, 5.74) is 8.32. The largest absolute Gasteiger partial charge is 0.497 e. The number of nitrogen functional groups attached to an aromatic ring is 1. The molecule has 6 heteroatoms. The maximum Gasteiger partial charge on any atom is 0.259 e. The molecule has 0 radical (unpaired) electrons. The Morgan fingerprint density at radius 3 is 2.96 bits per heavy atom. The summed E-state index contributed by atoms with van der Waals surface area (Å²) in [5, 5.41) is 0. The molecule has 1 aliphatic heterocycles. The van der Waals surface area contributed by atoms with Gasteiger partial charge >= 0.3 is 0 Å². The summed E-state index contributed by atoms with van der Waals surface area (Å²) in [6, 6.07) is 7.80. The van der Waals surface area contributed by atoms with Crippen LogP contribution in [0.15, 0.2) is 36.5 Å². The van der Waals surface area contributed by atoms with Gasteiger partial charge in [0.1, 0.15) is 23.0 Å². The minimum atomic E-state index is -0.156. The van der Waals surface area contributed by atoms with Crippen LogP contribution < -0.4 is 10.5 Å². The molecule has 2 aromatic rings. The van der Waals surface area contributed by atoms with Crippen molar-refractivity contribution in [1.29, 1.82) is 0 Å². The van der Waals surface area contributed by atoms with Gasteiger partial charge in [-0.3, -0.25) is 4.79 Å². The van der Waals surface area contributed by atoms with Gasteiger partial charge in [-0.1, -0.05) is 18.2 Å². The van der Waals surface area contributed by atoms with Crippen molar-refractivity contribution in [2.75, 3.05) is 25.9 Å². The molecule has 1 amide bonds. The minimum absolute atomic E-state index is 0.156. The molecular formula is C17H18N4O2. The van der Waals surface area contributed by atoms with Crippen molar-refractivity contribution in [3.63, 3.8) is 0 Å². The van der Waals surface area contributed by atoms with E-state index >= 15 is 0 Å². The number of aromatic nitrogens is 2. The van der Waals surface area contributed by atoms with Crippen molar-refractivity contribution < 1.29 is 9.53 Å². The number of hydrogen-bond acceptors (Lipinski definition) is 5. The minimum Gasteiger partial charge on any atom is -0.497 e. The highest BCUT2D eigenvalue weighted by atomic mass is 16.5. The van der Waals surface area contributed by atoms with Crippen LogP contribution >= 0.6 is 0 Å². The summed E-state index contributed by atoms with van der Waals surface area (Å²) in [5.74, 6) is 1.41. The standard InChI is InChI=1S/C17H18N4O2/c1-11-19-9-15(16(18)20-11)17(22)21-7-6-13(10-21)12-4-3-5-14(8-12)23-2/h3-6,8-9H,7,10H2,1-2H3,(H2,18,19,20). The fourth-order valence-electron chi connectivity index (χ4n) is 2.56. The third kappa shape index (κ3) is 3.01. The lowest BCUT2D eigenvalue weighted by Crippen LogP contribution is -2.30. The third-order valence-corrected chi connectivity index (χ3v) is 3.82. The van der Waals surface area contributed by atoms with E-state index in [0.29, 0.717) is 24.5 Å². The second-order valence-corrected chi connectivity index (χ2v) is 5.36. The Kier molecular flexibility index (Phi) is 3.97. The first-order valence-electron chi connectivity index (χ1n) is 7.30. The van der Waals surface area contributed by atoms with Gasteiger partial charge in [0.25, 0.3) is 5.91 Å². The number of amides is 1. The van der Waals surface area contributed by atoms with Crippen LogP contribution in [-0.4, -0.2) is 41.0 Å². The Bertz CT molecular complexity index is 786. The molecule has 6 nitrogen and oxygen atoms in total. The molecule has 1 aromatic carbocycles. The number of carbonyl (C=O) groups excluding carboxylic acids is 1. The zero-order valence-corrected chi connectivity index (χ0v) is 13.1. The molecule has 1 aliphatic rings. The molecule has 0 fully saturated rings. The van der Waals surface area contributed by atoms with Crippen molar-refractivity contribution in [3.8, 4) is 5.75 Å². The van der Waals surface area contributed by atoms with Gasteiger partial charge < -0.3 is 15.4 Å². The maximum atomic E-state index is 12.6. The van der Waals surface area contributed by atoms with E-state index in [9.17, 15) is 4.79 Å². The number of nitrogens with zero attached hydrogens (tertiary/aromatic N) is 3. The molecule has 0 saturated heterocycles. The van der Waals surface area contributed by atoms with Gasteiger partial charge in [-0.25, -0.2) is 9.97 Å². The molecule has 0 bridgehead atoms. The van der Waals surface area contributed by atoms with Gasteiger partial charge in [0, 0.05) is 19.3 Å². The van der Waals surface area contributed by atoms with Gasteiger partial charge in [-0.05, 0) is 30.2 Å². The number of carbonyl (C=O) groups is 1. The van der Waals surface area contributed by atoms with E-state index in [1.54, 1.807) is 18.9 Å². The molecule has 0 spiro atoms. The molecule has 0 atom stereocenters. The lowest BCUT2D eigenvalue weighted by Gasteiger charge is -2.17. The highest BCUT2D eigenvalue weighted by molar-refractivity contribution is 5.99. The average Bonchev–Trinajstić information content (AvgIpc) is 3.04. The second kappa shape index (κ2) is 6.08. The molecule has 3 rings (SSSR count). The summed E-state index contributed by atoms with van der Waals surface area (Å²) in [4.78, 5) is 22.4. The second-order valence-electron chi connectivity index (χ2n) is 5.36. The SMILES string of the molecule is COc1cccc(C2=CCN(C(=O)c3cnc(C)nc3N)C2)c1. The van der Waals surface area contributed by atoms with Crippen molar-refractivity contribution in [3.05, 3.63) is 53.5 Å². The predicted octanol–water partition coefficient (Wildman–Crippen LogP) is 1.92. The van der Waals surface area contributed by atoms with E-state index in [0.717, 1.165) is 16.9 Å². The van der Waals surface area contributed by atoms with Crippen molar-refractivity contribution in [1.82, 2.24) is 14.9 Å². The smallest absolute Gasteiger partial charge is 0.259 e. The Hall–Kier alpha value is -2.89. The summed E-state index contributed by atoms with van der Waals surface area (Å²) in [6.45, 7) is 2.81. The Morgan fingerprint density at radius 2 is 2.22 bits per heavy atom. The van der Waals surface area contributed by atoms with Crippen LogP contribution in [0.4, 0.5) is 5.82 Å². The Labute approximate surface area is 134 Å². The zero-order chi connectivity index (χ0) is 16.4. The molecule has 2 heterocycles. The maximum absolute atomic E-state index is 12.6. The summed E-state index contributed by atoms with van der Waals surface area (Å²) in [7, 11) is 1.64. The zero-order valence-electron chi connectivity index (χ0n) is 13.1. The quantitative estimate of drug-likeness (QED) is 0.936. The molecule has 1 aromatic heterocycles. The summed E-state index contributed by atoms with van der Waals surface area (Å²) >= 11 is 0. The number of nitrogens with two attached hydrogens (primary N) is 1. The third-order valence-electron chi connectivity index (χ3n) is 3.82. The summed E-state index contributed by atoms with van der Waals surface area (Å²) in [6.07, 6.45) is 3.53. The van der Waals surface area contributed by atoms with Gasteiger partial charge in [-0.15, -0.1) is 0 Å². The molecule has 118 valence electrons. The number of benzene rings is 1.